The Morgan fingerprint density at radius 2 is 1.69 bits per heavy atom. The van der Waals surface area contributed by atoms with Gasteiger partial charge in [0.15, 0.2) is 11.5 Å². The molecule has 0 aliphatic carbocycles. The molecule has 7 nitrogen and oxygen atoms in total. The average Bonchev–Trinajstić information content (AvgIpc) is 2.81. The van der Waals surface area contributed by atoms with Gasteiger partial charge in [-0.1, -0.05) is 23.7 Å². The van der Waals surface area contributed by atoms with Gasteiger partial charge < -0.3 is 24.4 Å². The van der Waals surface area contributed by atoms with E-state index < -0.39 is 0 Å². The van der Waals surface area contributed by atoms with Gasteiger partial charge in [-0.15, -0.1) is 0 Å². The van der Waals surface area contributed by atoms with E-state index in [4.69, 9.17) is 25.8 Å². The van der Waals surface area contributed by atoms with Crippen molar-refractivity contribution >= 4 is 23.4 Å². The van der Waals surface area contributed by atoms with Gasteiger partial charge in [-0.25, -0.2) is 0 Å². The van der Waals surface area contributed by atoms with E-state index in [-0.39, 0.29) is 17.7 Å². The van der Waals surface area contributed by atoms with Crippen molar-refractivity contribution in [2.75, 3.05) is 34.4 Å². The zero-order chi connectivity index (χ0) is 23.1. The predicted octanol–water partition coefficient (Wildman–Crippen LogP) is 3.92. The number of halogens is 1. The molecule has 1 aliphatic heterocycles. The largest absolute Gasteiger partial charge is 0.493 e. The summed E-state index contributed by atoms with van der Waals surface area (Å²) in [6.07, 6.45) is 2.01. The molecular weight excluding hydrogens is 432 g/mol. The van der Waals surface area contributed by atoms with Gasteiger partial charge in [0.25, 0.3) is 5.91 Å². The lowest BCUT2D eigenvalue weighted by molar-refractivity contribution is -0.122. The summed E-state index contributed by atoms with van der Waals surface area (Å²) >= 11 is 5.98. The first-order chi connectivity index (χ1) is 15.4. The van der Waals surface area contributed by atoms with Crippen LogP contribution in [0.4, 0.5) is 0 Å². The molecule has 2 amide bonds. The third-order valence-electron chi connectivity index (χ3n) is 5.67. The molecule has 0 bridgehead atoms. The number of hydrogen-bond acceptors (Lipinski definition) is 5. The van der Waals surface area contributed by atoms with Crippen LogP contribution in [-0.2, 0) is 11.3 Å². The van der Waals surface area contributed by atoms with Gasteiger partial charge >= 0.3 is 0 Å². The zero-order valence-electron chi connectivity index (χ0n) is 18.7. The van der Waals surface area contributed by atoms with Crippen LogP contribution in [0.25, 0.3) is 0 Å². The molecule has 1 aliphatic rings. The van der Waals surface area contributed by atoms with E-state index in [0.717, 1.165) is 18.4 Å². The number of ether oxygens (including phenoxy) is 3. The van der Waals surface area contributed by atoms with Gasteiger partial charge in [0.05, 0.1) is 21.3 Å². The number of nitrogens with one attached hydrogen (secondary N) is 1. The highest BCUT2D eigenvalue weighted by atomic mass is 35.5. The Balaban J connectivity index is 1.53. The second-order valence-electron chi connectivity index (χ2n) is 7.76. The molecule has 1 saturated heterocycles. The van der Waals surface area contributed by atoms with Gasteiger partial charge in [0.2, 0.25) is 11.7 Å². The van der Waals surface area contributed by atoms with Crippen LogP contribution in [0.5, 0.6) is 17.2 Å². The summed E-state index contributed by atoms with van der Waals surface area (Å²) in [5.74, 6) is 1.52. The first kappa shape index (κ1) is 23.7. The molecule has 1 fully saturated rings. The van der Waals surface area contributed by atoms with E-state index in [9.17, 15) is 9.59 Å². The van der Waals surface area contributed by atoms with Crippen LogP contribution in [0, 0.1) is 5.92 Å². The van der Waals surface area contributed by atoms with E-state index in [2.05, 4.69) is 5.32 Å². The van der Waals surface area contributed by atoms with E-state index in [1.165, 1.54) is 21.3 Å². The maximum Gasteiger partial charge on any atom is 0.254 e. The smallest absolute Gasteiger partial charge is 0.254 e. The van der Waals surface area contributed by atoms with Crippen molar-refractivity contribution in [1.29, 1.82) is 0 Å². The SMILES string of the molecule is COc1cc(C(=O)N2CCC(CC(=O)NCc3cccc(Cl)c3)CC2)cc(OC)c1OC. The highest BCUT2D eigenvalue weighted by Crippen LogP contribution is 2.38. The number of hydrogen-bond donors (Lipinski definition) is 1. The lowest BCUT2D eigenvalue weighted by Gasteiger charge is -2.32. The molecule has 0 saturated carbocycles. The summed E-state index contributed by atoms with van der Waals surface area (Å²) in [6, 6.07) is 10.8. The minimum absolute atomic E-state index is 0.0133. The number of piperidine rings is 1. The van der Waals surface area contributed by atoms with Gasteiger partial charge in [-0.3, -0.25) is 9.59 Å². The number of rotatable bonds is 8. The van der Waals surface area contributed by atoms with E-state index in [1.807, 2.05) is 18.2 Å². The highest BCUT2D eigenvalue weighted by Gasteiger charge is 2.26. The Hall–Kier alpha value is -2.93. The molecule has 8 heteroatoms. The van der Waals surface area contributed by atoms with Crippen LogP contribution in [0.3, 0.4) is 0 Å². The molecular formula is C24H29ClN2O5. The Morgan fingerprint density at radius 1 is 1.03 bits per heavy atom. The Kier molecular flexibility index (Phi) is 8.22. The third kappa shape index (κ3) is 5.85. The molecule has 0 atom stereocenters. The van der Waals surface area contributed by atoms with Crippen molar-refractivity contribution in [3.63, 3.8) is 0 Å². The summed E-state index contributed by atoms with van der Waals surface area (Å²) in [7, 11) is 4.57. The standard InChI is InChI=1S/C24H29ClN2O5/c1-30-20-13-18(14-21(31-2)23(20)32-3)24(29)27-9-7-16(8-10-27)12-22(28)26-15-17-5-4-6-19(25)11-17/h4-6,11,13-14,16H,7-10,12,15H2,1-3H3,(H,26,28). The van der Waals surface area contributed by atoms with Crippen LogP contribution in [0.1, 0.15) is 35.2 Å². The first-order valence-corrected chi connectivity index (χ1v) is 10.9. The molecule has 172 valence electrons. The fraction of sp³-hybridized carbons (Fsp3) is 0.417. The number of methoxy groups -OCH3 is 3. The number of carbonyl (C=O) groups is 2. The fourth-order valence-corrected chi connectivity index (χ4v) is 4.12. The van der Waals surface area contributed by atoms with Crippen molar-refractivity contribution in [2.24, 2.45) is 5.92 Å². The molecule has 0 unspecified atom stereocenters. The quantitative estimate of drug-likeness (QED) is 0.646. The topological polar surface area (TPSA) is 77.1 Å². The van der Waals surface area contributed by atoms with Crippen LogP contribution >= 0.6 is 11.6 Å². The molecule has 0 aromatic heterocycles. The number of benzene rings is 2. The monoisotopic (exact) mass is 460 g/mol. The average molecular weight is 461 g/mol. The van der Waals surface area contributed by atoms with E-state index in [0.29, 0.717) is 53.9 Å². The number of amides is 2. The van der Waals surface area contributed by atoms with Gasteiger partial charge in [-0.05, 0) is 48.6 Å². The Morgan fingerprint density at radius 3 is 2.25 bits per heavy atom. The predicted molar refractivity (Wildman–Crippen MR) is 123 cm³/mol. The lowest BCUT2D eigenvalue weighted by atomic mass is 9.92. The molecule has 1 heterocycles. The zero-order valence-corrected chi connectivity index (χ0v) is 19.4. The van der Waals surface area contributed by atoms with Gasteiger partial charge in [-0.2, -0.15) is 0 Å². The molecule has 0 radical (unpaired) electrons. The summed E-state index contributed by atoms with van der Waals surface area (Å²) in [6.45, 7) is 1.65. The lowest BCUT2D eigenvalue weighted by Crippen LogP contribution is -2.39. The van der Waals surface area contributed by atoms with Gasteiger partial charge in [0, 0.05) is 36.6 Å². The van der Waals surface area contributed by atoms with Crippen molar-refractivity contribution in [3.8, 4) is 17.2 Å². The van der Waals surface area contributed by atoms with Crippen molar-refractivity contribution < 1.29 is 23.8 Å². The number of likely N-dealkylation sites (tertiary alicyclic amines) is 1. The molecule has 1 N–H and O–H groups in total. The molecule has 32 heavy (non-hydrogen) atoms. The Labute approximate surface area is 193 Å². The molecule has 2 aromatic rings. The number of nitrogens with zero attached hydrogens (tertiary/aromatic N) is 1. The summed E-state index contributed by atoms with van der Waals surface area (Å²) < 4.78 is 16.0. The molecule has 2 aromatic carbocycles. The minimum Gasteiger partial charge on any atom is -0.493 e. The van der Waals surface area contributed by atoms with E-state index >= 15 is 0 Å². The highest BCUT2D eigenvalue weighted by molar-refractivity contribution is 6.30. The molecule has 0 spiro atoms. The summed E-state index contributed by atoms with van der Waals surface area (Å²) in [5.41, 5.74) is 1.45. The van der Waals surface area contributed by atoms with Crippen molar-refractivity contribution in [1.82, 2.24) is 10.2 Å². The molecule has 3 rings (SSSR count). The Bertz CT molecular complexity index is 932. The second kappa shape index (κ2) is 11.1. The van der Waals surface area contributed by atoms with E-state index in [1.54, 1.807) is 23.1 Å². The first-order valence-electron chi connectivity index (χ1n) is 10.6. The maximum absolute atomic E-state index is 13.0. The van der Waals surface area contributed by atoms with Crippen molar-refractivity contribution in [2.45, 2.75) is 25.8 Å². The van der Waals surface area contributed by atoms with Crippen molar-refractivity contribution in [3.05, 3.63) is 52.5 Å². The second-order valence-corrected chi connectivity index (χ2v) is 8.20. The normalized spacial score (nSPS) is 14.1. The minimum atomic E-state index is -0.0897. The fourth-order valence-electron chi connectivity index (χ4n) is 3.91. The van der Waals surface area contributed by atoms with Gasteiger partial charge in [0.1, 0.15) is 0 Å². The maximum atomic E-state index is 13.0. The third-order valence-corrected chi connectivity index (χ3v) is 5.90. The van der Waals surface area contributed by atoms with Crippen LogP contribution in [0.2, 0.25) is 5.02 Å². The van der Waals surface area contributed by atoms with Crippen LogP contribution < -0.4 is 19.5 Å². The summed E-state index contributed by atoms with van der Waals surface area (Å²) in [5, 5.41) is 3.61. The van der Waals surface area contributed by atoms with Crippen LogP contribution in [-0.4, -0.2) is 51.1 Å². The van der Waals surface area contributed by atoms with Crippen LogP contribution in [0.15, 0.2) is 36.4 Å². The number of carbonyl (C=O) groups excluding carboxylic acids is 2. The summed E-state index contributed by atoms with van der Waals surface area (Å²) in [4.78, 5) is 27.2.